The van der Waals surface area contributed by atoms with E-state index < -0.39 is 17.6 Å². The molecule has 11 heteroatoms. The summed E-state index contributed by atoms with van der Waals surface area (Å²) < 4.78 is 39.4. The lowest BCUT2D eigenvalue weighted by molar-refractivity contribution is -0.137. The van der Waals surface area contributed by atoms with Gasteiger partial charge in [-0.15, -0.1) is 0 Å². The minimum atomic E-state index is -4.59. The van der Waals surface area contributed by atoms with Gasteiger partial charge in [-0.2, -0.15) is 18.4 Å². The molecule has 216 valence electrons. The van der Waals surface area contributed by atoms with E-state index in [0.29, 0.717) is 44.7 Å². The number of nitrogens with one attached hydrogen (secondary N) is 2. The Hall–Kier alpha value is -5.50. The van der Waals surface area contributed by atoms with Crippen LogP contribution in [0.25, 0.3) is 33.2 Å². The third kappa shape index (κ3) is 6.08. The van der Waals surface area contributed by atoms with Crippen molar-refractivity contribution >= 4 is 28.6 Å². The second-order valence-corrected chi connectivity index (χ2v) is 10.2. The molecule has 2 aromatic heterocycles. The van der Waals surface area contributed by atoms with Gasteiger partial charge in [0.05, 0.1) is 28.3 Å². The number of hydrogen-bond acceptors (Lipinski definition) is 7. The molecule has 0 bridgehead atoms. The molecule has 5 aromatic rings. The Morgan fingerprint density at radius 2 is 1.74 bits per heavy atom. The number of pyridine rings is 1. The first-order valence-electron chi connectivity index (χ1n) is 13.2. The number of fused-ring (bicyclic) bond motifs is 1. The molecule has 0 fully saturated rings. The number of amides is 1. The second-order valence-electron chi connectivity index (χ2n) is 10.2. The predicted molar refractivity (Wildman–Crippen MR) is 157 cm³/mol. The van der Waals surface area contributed by atoms with Crippen molar-refractivity contribution < 1.29 is 23.1 Å². The summed E-state index contributed by atoms with van der Waals surface area (Å²) in [4.78, 5) is 26.0. The molecule has 0 unspecified atom stereocenters. The lowest BCUT2D eigenvalue weighted by Gasteiger charge is -2.17. The number of aromatic hydroxyl groups is 1. The number of phenols is 1. The molecule has 0 aliphatic heterocycles. The van der Waals surface area contributed by atoms with Gasteiger partial charge < -0.3 is 15.7 Å². The number of rotatable bonds is 6. The number of phenolic OH excluding ortho intramolecular Hbond substituents is 1. The molecule has 0 atom stereocenters. The van der Waals surface area contributed by atoms with Crippen LogP contribution >= 0.6 is 0 Å². The zero-order valence-electron chi connectivity index (χ0n) is 23.3. The lowest BCUT2D eigenvalue weighted by Crippen LogP contribution is -2.14. The molecule has 0 spiro atoms. The Morgan fingerprint density at radius 3 is 2.42 bits per heavy atom. The van der Waals surface area contributed by atoms with Gasteiger partial charge in [-0.3, -0.25) is 4.79 Å². The Balaban J connectivity index is 1.62. The third-order valence-electron chi connectivity index (χ3n) is 6.68. The molecule has 1 amide bonds. The fraction of sp³-hybridized carbons (Fsp3) is 0.156. The molecule has 2 heterocycles. The van der Waals surface area contributed by atoms with Crippen molar-refractivity contribution in [3.05, 3.63) is 95.3 Å². The average Bonchev–Trinajstić information content (AvgIpc) is 2.97. The largest absolute Gasteiger partial charge is 0.507 e. The molecule has 0 aliphatic carbocycles. The number of aryl methyl sites for hydroxylation is 1. The third-order valence-corrected chi connectivity index (χ3v) is 6.68. The summed E-state index contributed by atoms with van der Waals surface area (Å²) in [6.07, 6.45) is -1.98. The number of carbonyl (C=O) groups is 1. The SMILES string of the molecule is Cc1ccc(C(=O)Nc2cc(C(F)(F)F)ccn2)cc1-c1cc2cnc(NC(C)C)nc2c(-c2ccc(C#N)cc2)c1O. The Bertz CT molecular complexity index is 1900. The molecular formula is C32H25F3N6O2. The first-order valence-corrected chi connectivity index (χ1v) is 13.2. The highest BCUT2D eigenvalue weighted by Gasteiger charge is 2.31. The monoisotopic (exact) mass is 582 g/mol. The van der Waals surface area contributed by atoms with E-state index in [9.17, 15) is 28.3 Å². The first kappa shape index (κ1) is 29.0. The van der Waals surface area contributed by atoms with Gasteiger partial charge in [0.2, 0.25) is 5.95 Å². The van der Waals surface area contributed by atoms with Crippen molar-refractivity contribution in [3.63, 3.8) is 0 Å². The summed E-state index contributed by atoms with van der Waals surface area (Å²) in [6, 6.07) is 16.9. The van der Waals surface area contributed by atoms with Crippen LogP contribution in [0.2, 0.25) is 0 Å². The summed E-state index contributed by atoms with van der Waals surface area (Å²) in [5.41, 5.74) is 2.80. The highest BCUT2D eigenvalue weighted by molar-refractivity contribution is 6.06. The zero-order chi connectivity index (χ0) is 30.9. The second kappa shape index (κ2) is 11.4. The molecule has 5 rings (SSSR count). The minimum absolute atomic E-state index is 0.0614. The number of anilines is 2. The molecule has 8 nitrogen and oxygen atoms in total. The van der Waals surface area contributed by atoms with Crippen molar-refractivity contribution in [2.75, 3.05) is 10.6 Å². The van der Waals surface area contributed by atoms with Gasteiger partial charge in [0, 0.05) is 34.9 Å². The van der Waals surface area contributed by atoms with E-state index in [0.717, 1.165) is 23.9 Å². The molecule has 3 aromatic carbocycles. The molecule has 0 aliphatic rings. The zero-order valence-corrected chi connectivity index (χ0v) is 23.3. The lowest BCUT2D eigenvalue weighted by atomic mass is 9.91. The Kier molecular flexibility index (Phi) is 7.70. The maximum absolute atomic E-state index is 13.1. The van der Waals surface area contributed by atoms with Crippen LogP contribution in [-0.4, -0.2) is 32.0 Å². The fourth-order valence-electron chi connectivity index (χ4n) is 4.60. The van der Waals surface area contributed by atoms with Crippen molar-refractivity contribution in [3.8, 4) is 34.1 Å². The van der Waals surface area contributed by atoms with E-state index in [2.05, 4.69) is 31.7 Å². The quantitative estimate of drug-likeness (QED) is 0.191. The van der Waals surface area contributed by atoms with Crippen molar-refractivity contribution in [1.82, 2.24) is 15.0 Å². The maximum atomic E-state index is 13.1. The molecule has 0 radical (unpaired) electrons. The molecule has 43 heavy (non-hydrogen) atoms. The maximum Gasteiger partial charge on any atom is 0.416 e. The number of hydrogen-bond donors (Lipinski definition) is 3. The van der Waals surface area contributed by atoms with E-state index in [4.69, 9.17) is 0 Å². The van der Waals surface area contributed by atoms with Crippen LogP contribution in [-0.2, 0) is 6.18 Å². The van der Waals surface area contributed by atoms with Crippen LogP contribution < -0.4 is 10.6 Å². The Labute approximate surface area is 244 Å². The number of nitriles is 1. The molecule has 0 saturated heterocycles. The highest BCUT2D eigenvalue weighted by atomic mass is 19.4. The van der Waals surface area contributed by atoms with Crippen molar-refractivity contribution in [2.45, 2.75) is 33.0 Å². The van der Waals surface area contributed by atoms with Gasteiger partial charge in [0.25, 0.3) is 5.91 Å². The fourth-order valence-corrected chi connectivity index (χ4v) is 4.60. The van der Waals surface area contributed by atoms with E-state index >= 15 is 0 Å². The van der Waals surface area contributed by atoms with Gasteiger partial charge in [0.1, 0.15) is 11.6 Å². The summed E-state index contributed by atoms with van der Waals surface area (Å²) >= 11 is 0. The normalized spacial score (nSPS) is 11.4. The molecule has 3 N–H and O–H groups in total. The topological polar surface area (TPSA) is 124 Å². The predicted octanol–water partition coefficient (Wildman–Crippen LogP) is 7.34. The highest BCUT2D eigenvalue weighted by Crippen LogP contribution is 2.44. The van der Waals surface area contributed by atoms with Crippen LogP contribution in [0.5, 0.6) is 5.75 Å². The van der Waals surface area contributed by atoms with Crippen molar-refractivity contribution in [1.29, 1.82) is 5.26 Å². The number of aromatic nitrogens is 3. The molecular weight excluding hydrogens is 557 g/mol. The van der Waals surface area contributed by atoms with Gasteiger partial charge in [0.15, 0.2) is 0 Å². The van der Waals surface area contributed by atoms with E-state index in [1.165, 1.54) is 6.07 Å². The smallest absolute Gasteiger partial charge is 0.416 e. The summed E-state index contributed by atoms with van der Waals surface area (Å²) in [5, 5.41) is 27.2. The minimum Gasteiger partial charge on any atom is -0.507 e. The van der Waals surface area contributed by atoms with Crippen LogP contribution in [0.3, 0.4) is 0 Å². The first-order chi connectivity index (χ1) is 20.4. The summed E-state index contributed by atoms with van der Waals surface area (Å²) in [5.74, 6) is -0.649. The van der Waals surface area contributed by atoms with E-state index in [1.807, 2.05) is 20.8 Å². The summed E-state index contributed by atoms with van der Waals surface area (Å²) in [7, 11) is 0. The average molecular weight is 583 g/mol. The summed E-state index contributed by atoms with van der Waals surface area (Å²) in [6.45, 7) is 5.71. The van der Waals surface area contributed by atoms with Gasteiger partial charge >= 0.3 is 6.18 Å². The number of alkyl halides is 3. The number of halogens is 3. The van der Waals surface area contributed by atoms with Crippen LogP contribution in [0, 0.1) is 18.3 Å². The van der Waals surface area contributed by atoms with Crippen molar-refractivity contribution in [2.24, 2.45) is 0 Å². The van der Waals surface area contributed by atoms with Gasteiger partial charge in [-0.05, 0) is 79.9 Å². The number of nitrogens with zero attached hydrogens (tertiary/aromatic N) is 4. The van der Waals surface area contributed by atoms with E-state index in [1.54, 1.807) is 48.7 Å². The van der Waals surface area contributed by atoms with E-state index in [-0.39, 0.29) is 23.2 Å². The van der Waals surface area contributed by atoms with Crippen LogP contribution in [0.4, 0.5) is 24.9 Å². The number of benzene rings is 3. The van der Waals surface area contributed by atoms with Gasteiger partial charge in [-0.1, -0.05) is 18.2 Å². The standard InChI is InChI=1S/C32H25F3N6O2/c1-17(2)39-31-38-16-22-13-25(29(42)27(28(22)41-31)20-8-5-19(15-36)6-9-20)24-12-21(7-4-18(24)3)30(43)40-26-14-23(10-11-37-26)32(33,34)35/h4-14,16-17,42H,1-3H3,(H,37,40,43)(H,38,39,41). The van der Waals surface area contributed by atoms with Gasteiger partial charge in [-0.25, -0.2) is 15.0 Å². The Morgan fingerprint density at radius 1 is 1.00 bits per heavy atom. The van der Waals surface area contributed by atoms with Crippen LogP contribution in [0.15, 0.2) is 73.1 Å². The molecule has 0 saturated carbocycles. The van der Waals surface area contributed by atoms with Crippen LogP contribution in [0.1, 0.15) is 40.9 Å². The number of carbonyl (C=O) groups excluding carboxylic acids is 1.